The number of hydrogen-bond donors (Lipinski definition) is 1. The van der Waals surface area contributed by atoms with Gasteiger partial charge in [0.1, 0.15) is 0 Å². The van der Waals surface area contributed by atoms with Gasteiger partial charge in [0.15, 0.2) is 6.10 Å². The maximum atomic E-state index is 12.5. The van der Waals surface area contributed by atoms with E-state index in [1.165, 1.54) is 18.7 Å². The van der Waals surface area contributed by atoms with Crippen LogP contribution in [0.25, 0.3) is 10.8 Å². The molecule has 0 aliphatic carbocycles. The summed E-state index contributed by atoms with van der Waals surface area (Å²) in [5.74, 6) is -0.760. The lowest BCUT2D eigenvalue weighted by Crippen LogP contribution is -2.31. The number of anilines is 1. The SMILES string of the molecule is CC(C)c1ccccc1NC(=O)[C@H](C)OC(=O)Cc1nn(C)c(=O)c2ccccc12. The van der Waals surface area contributed by atoms with Crippen LogP contribution in [0.2, 0.25) is 0 Å². The number of rotatable bonds is 6. The molecule has 7 heteroatoms. The topological polar surface area (TPSA) is 90.3 Å². The molecular formula is C23H25N3O4. The van der Waals surface area contributed by atoms with Crippen molar-refractivity contribution in [2.24, 2.45) is 7.05 Å². The van der Waals surface area contributed by atoms with Crippen molar-refractivity contribution in [3.63, 3.8) is 0 Å². The van der Waals surface area contributed by atoms with Crippen LogP contribution in [0.5, 0.6) is 0 Å². The molecule has 0 saturated carbocycles. The molecule has 30 heavy (non-hydrogen) atoms. The first-order chi connectivity index (χ1) is 14.3. The van der Waals surface area contributed by atoms with Crippen LogP contribution in [-0.2, 0) is 27.8 Å². The van der Waals surface area contributed by atoms with Crippen LogP contribution in [0, 0.1) is 0 Å². The first kappa shape index (κ1) is 21.2. The van der Waals surface area contributed by atoms with Crippen molar-refractivity contribution in [2.45, 2.75) is 39.2 Å². The lowest BCUT2D eigenvalue weighted by atomic mass is 10.0. The van der Waals surface area contributed by atoms with E-state index >= 15 is 0 Å². The minimum atomic E-state index is -0.975. The zero-order valence-corrected chi connectivity index (χ0v) is 17.5. The monoisotopic (exact) mass is 407 g/mol. The van der Waals surface area contributed by atoms with Crippen LogP contribution >= 0.6 is 0 Å². The Hall–Kier alpha value is -3.48. The molecule has 1 N–H and O–H groups in total. The molecular weight excluding hydrogens is 382 g/mol. The molecule has 156 valence electrons. The maximum absolute atomic E-state index is 12.5. The Balaban J connectivity index is 1.71. The number of benzene rings is 2. The lowest BCUT2D eigenvalue weighted by Gasteiger charge is -2.17. The van der Waals surface area contributed by atoms with Gasteiger partial charge in [0.2, 0.25) is 0 Å². The van der Waals surface area contributed by atoms with Gasteiger partial charge in [-0.3, -0.25) is 14.4 Å². The highest BCUT2D eigenvalue weighted by molar-refractivity contribution is 5.96. The maximum Gasteiger partial charge on any atom is 0.312 e. The first-order valence-electron chi connectivity index (χ1n) is 9.82. The molecule has 0 radical (unpaired) electrons. The number of hydrogen-bond acceptors (Lipinski definition) is 5. The molecule has 0 spiro atoms. The number of nitrogens with zero attached hydrogens (tertiary/aromatic N) is 2. The Kier molecular flexibility index (Phi) is 6.30. The molecule has 1 aromatic heterocycles. The largest absolute Gasteiger partial charge is 0.452 e. The molecule has 1 heterocycles. The molecule has 0 fully saturated rings. The minimum Gasteiger partial charge on any atom is -0.452 e. The molecule has 0 bridgehead atoms. The fourth-order valence-electron chi connectivity index (χ4n) is 3.28. The van der Waals surface area contributed by atoms with E-state index < -0.39 is 18.0 Å². The van der Waals surface area contributed by atoms with E-state index in [1.807, 2.05) is 38.1 Å². The number of aromatic nitrogens is 2. The number of nitrogens with one attached hydrogen (secondary N) is 1. The van der Waals surface area contributed by atoms with Gasteiger partial charge < -0.3 is 10.1 Å². The van der Waals surface area contributed by atoms with Gasteiger partial charge in [0.25, 0.3) is 11.5 Å². The summed E-state index contributed by atoms with van der Waals surface area (Å²) >= 11 is 0. The van der Waals surface area contributed by atoms with Crippen molar-refractivity contribution in [1.29, 1.82) is 0 Å². The summed E-state index contributed by atoms with van der Waals surface area (Å²) in [7, 11) is 1.53. The fourth-order valence-corrected chi connectivity index (χ4v) is 3.28. The summed E-state index contributed by atoms with van der Waals surface area (Å²) in [6, 6.07) is 14.5. The van der Waals surface area contributed by atoms with Crippen molar-refractivity contribution in [1.82, 2.24) is 9.78 Å². The van der Waals surface area contributed by atoms with Crippen LogP contribution in [-0.4, -0.2) is 27.8 Å². The van der Waals surface area contributed by atoms with Crippen LogP contribution in [0.3, 0.4) is 0 Å². The second-order valence-corrected chi connectivity index (χ2v) is 7.46. The average Bonchev–Trinajstić information content (AvgIpc) is 2.72. The van der Waals surface area contributed by atoms with Gasteiger partial charge >= 0.3 is 5.97 Å². The molecule has 1 amide bonds. The molecule has 1 atom stereocenters. The molecule has 0 unspecified atom stereocenters. The van der Waals surface area contributed by atoms with Gasteiger partial charge in [-0.05, 0) is 30.5 Å². The number of esters is 1. The van der Waals surface area contributed by atoms with E-state index in [-0.39, 0.29) is 17.9 Å². The Morgan fingerprint density at radius 1 is 1.03 bits per heavy atom. The van der Waals surface area contributed by atoms with Gasteiger partial charge in [-0.1, -0.05) is 50.2 Å². The Morgan fingerprint density at radius 3 is 2.37 bits per heavy atom. The predicted octanol–water partition coefficient (Wildman–Crippen LogP) is 3.17. The lowest BCUT2D eigenvalue weighted by molar-refractivity contribution is -0.152. The molecule has 7 nitrogen and oxygen atoms in total. The Labute approximate surface area is 174 Å². The zero-order valence-electron chi connectivity index (χ0n) is 17.5. The predicted molar refractivity (Wildman–Crippen MR) is 115 cm³/mol. The average molecular weight is 407 g/mol. The Bertz CT molecular complexity index is 1150. The molecule has 0 aliphatic heterocycles. The number of carbonyl (C=O) groups is 2. The van der Waals surface area contributed by atoms with Gasteiger partial charge in [-0.25, -0.2) is 4.68 Å². The summed E-state index contributed by atoms with van der Waals surface area (Å²) in [6.07, 6.45) is -1.12. The summed E-state index contributed by atoms with van der Waals surface area (Å²) in [5.41, 5.74) is 1.89. The third-order valence-corrected chi connectivity index (χ3v) is 4.86. The van der Waals surface area contributed by atoms with E-state index in [0.717, 1.165) is 5.56 Å². The number of aryl methyl sites for hydroxylation is 1. The van der Waals surface area contributed by atoms with Gasteiger partial charge in [-0.2, -0.15) is 5.10 Å². The van der Waals surface area contributed by atoms with Crippen LogP contribution in [0.15, 0.2) is 53.3 Å². The first-order valence-corrected chi connectivity index (χ1v) is 9.82. The van der Waals surface area contributed by atoms with Crippen molar-refractivity contribution >= 4 is 28.3 Å². The van der Waals surface area contributed by atoms with Crippen molar-refractivity contribution in [2.75, 3.05) is 5.32 Å². The van der Waals surface area contributed by atoms with Crippen LogP contribution in [0.1, 0.15) is 37.9 Å². The second kappa shape index (κ2) is 8.90. The molecule has 0 aliphatic rings. The quantitative estimate of drug-likeness (QED) is 0.634. The molecule has 3 rings (SSSR count). The summed E-state index contributed by atoms with van der Waals surface area (Å²) in [4.78, 5) is 37.2. The van der Waals surface area contributed by atoms with E-state index in [2.05, 4.69) is 10.4 Å². The summed E-state index contributed by atoms with van der Waals surface area (Å²) < 4.78 is 6.53. The molecule has 2 aromatic carbocycles. The third-order valence-electron chi connectivity index (χ3n) is 4.86. The normalized spacial score (nSPS) is 12.0. The standard InChI is InChI=1S/C23H25N3O4/c1-14(2)16-9-7-8-12-19(16)24-22(28)15(3)30-21(27)13-20-17-10-5-6-11-18(17)23(29)26(4)25-20/h5-12,14-15H,13H2,1-4H3,(H,24,28)/t15-/m0/s1. The van der Waals surface area contributed by atoms with E-state index in [0.29, 0.717) is 22.2 Å². The van der Waals surface area contributed by atoms with Crippen molar-refractivity contribution in [3.05, 3.63) is 70.1 Å². The van der Waals surface area contributed by atoms with Crippen molar-refractivity contribution in [3.8, 4) is 0 Å². The fraction of sp³-hybridized carbons (Fsp3) is 0.304. The highest BCUT2D eigenvalue weighted by Gasteiger charge is 2.21. The summed E-state index contributed by atoms with van der Waals surface area (Å²) in [6.45, 7) is 5.61. The number of carbonyl (C=O) groups excluding carboxylic acids is 2. The minimum absolute atomic E-state index is 0.144. The van der Waals surface area contributed by atoms with Crippen molar-refractivity contribution < 1.29 is 14.3 Å². The van der Waals surface area contributed by atoms with E-state index in [9.17, 15) is 14.4 Å². The van der Waals surface area contributed by atoms with Crippen LogP contribution < -0.4 is 10.9 Å². The number of fused-ring (bicyclic) bond motifs is 1. The van der Waals surface area contributed by atoms with E-state index in [1.54, 1.807) is 24.3 Å². The van der Waals surface area contributed by atoms with Crippen LogP contribution in [0.4, 0.5) is 5.69 Å². The molecule has 3 aromatic rings. The smallest absolute Gasteiger partial charge is 0.312 e. The van der Waals surface area contributed by atoms with Gasteiger partial charge in [-0.15, -0.1) is 0 Å². The zero-order chi connectivity index (χ0) is 21.8. The highest BCUT2D eigenvalue weighted by atomic mass is 16.5. The third kappa shape index (κ3) is 4.56. The second-order valence-electron chi connectivity index (χ2n) is 7.46. The summed E-state index contributed by atoms with van der Waals surface area (Å²) in [5, 5.41) is 8.10. The van der Waals surface area contributed by atoms with E-state index in [4.69, 9.17) is 4.74 Å². The Morgan fingerprint density at radius 2 is 1.67 bits per heavy atom. The number of para-hydroxylation sites is 1. The van der Waals surface area contributed by atoms with Gasteiger partial charge in [0.05, 0.1) is 17.5 Å². The number of ether oxygens (including phenoxy) is 1. The molecule has 0 saturated heterocycles. The van der Waals surface area contributed by atoms with Gasteiger partial charge in [0, 0.05) is 18.1 Å². The highest BCUT2D eigenvalue weighted by Crippen LogP contribution is 2.24. The number of amides is 1.